The van der Waals surface area contributed by atoms with Gasteiger partial charge in [0.25, 0.3) is 5.91 Å². The van der Waals surface area contributed by atoms with Gasteiger partial charge in [-0.25, -0.2) is 0 Å². The summed E-state index contributed by atoms with van der Waals surface area (Å²) in [6.45, 7) is 2.35. The number of aromatic nitrogens is 2. The number of hydrogen-bond acceptors (Lipinski definition) is 4. The molecule has 1 amide bonds. The van der Waals surface area contributed by atoms with Crippen LogP contribution in [0.25, 0.3) is 11.1 Å². The van der Waals surface area contributed by atoms with Gasteiger partial charge in [-0.05, 0) is 12.5 Å². The summed E-state index contributed by atoms with van der Waals surface area (Å²) in [6, 6.07) is 15.2. The number of carbonyl (C=O) groups excluding carboxylic acids is 1. The summed E-state index contributed by atoms with van der Waals surface area (Å²) >= 11 is 0. The number of anilines is 1. The van der Waals surface area contributed by atoms with Crippen LogP contribution in [-0.4, -0.2) is 15.6 Å². The number of carbonyl (C=O) groups is 1. The Morgan fingerprint density at radius 1 is 1.21 bits per heavy atom. The minimum absolute atomic E-state index is 0.259. The van der Waals surface area contributed by atoms with Crippen LogP contribution in [0.15, 0.2) is 63.7 Å². The number of aryl methyl sites for hydroxylation is 1. The lowest BCUT2D eigenvalue weighted by Gasteiger charge is -2.09. The van der Waals surface area contributed by atoms with Crippen molar-refractivity contribution in [1.82, 2.24) is 9.72 Å². The molecule has 0 unspecified atom stereocenters. The van der Waals surface area contributed by atoms with E-state index in [4.69, 9.17) is 8.94 Å². The Labute approximate surface area is 137 Å². The molecule has 1 aromatic carbocycles. The molecule has 0 aliphatic rings. The first-order valence-electron chi connectivity index (χ1n) is 7.56. The zero-order valence-corrected chi connectivity index (χ0v) is 13.0. The molecule has 0 aliphatic carbocycles. The molecule has 1 N–H and O–H groups in total. The van der Waals surface area contributed by atoms with Gasteiger partial charge in [-0.2, -0.15) is 0 Å². The summed E-state index contributed by atoms with van der Waals surface area (Å²) in [6.07, 6.45) is 1.62. The third-order valence-electron chi connectivity index (χ3n) is 3.81. The van der Waals surface area contributed by atoms with Crippen LogP contribution < -0.4 is 5.32 Å². The Morgan fingerprint density at radius 3 is 2.79 bits per heavy atom. The van der Waals surface area contributed by atoms with Crippen LogP contribution in [0, 0.1) is 6.92 Å². The monoisotopic (exact) mass is 321 g/mol. The van der Waals surface area contributed by atoms with E-state index < -0.39 is 0 Å². The average molecular weight is 321 g/mol. The molecule has 0 saturated carbocycles. The van der Waals surface area contributed by atoms with Gasteiger partial charge in [0, 0.05) is 24.7 Å². The van der Waals surface area contributed by atoms with E-state index in [-0.39, 0.29) is 5.91 Å². The van der Waals surface area contributed by atoms with Crippen molar-refractivity contribution < 1.29 is 13.7 Å². The van der Waals surface area contributed by atoms with Crippen molar-refractivity contribution in [2.45, 2.75) is 13.5 Å². The second kappa shape index (κ2) is 5.73. The highest BCUT2D eigenvalue weighted by atomic mass is 16.5. The van der Waals surface area contributed by atoms with Crippen molar-refractivity contribution in [2.24, 2.45) is 0 Å². The summed E-state index contributed by atoms with van der Waals surface area (Å²) in [4.78, 5) is 12.6. The molecular weight excluding hydrogens is 306 g/mol. The Hall–Kier alpha value is -3.28. The average Bonchev–Trinajstić information content (AvgIpc) is 3.26. The maximum atomic E-state index is 12.6. The number of rotatable bonds is 4. The summed E-state index contributed by atoms with van der Waals surface area (Å²) < 4.78 is 12.4. The predicted molar refractivity (Wildman–Crippen MR) is 88.9 cm³/mol. The van der Waals surface area contributed by atoms with E-state index in [2.05, 4.69) is 10.5 Å². The first-order valence-corrected chi connectivity index (χ1v) is 7.56. The molecule has 0 aliphatic heterocycles. The summed E-state index contributed by atoms with van der Waals surface area (Å²) in [5, 5.41) is 6.55. The van der Waals surface area contributed by atoms with Gasteiger partial charge >= 0.3 is 0 Å². The van der Waals surface area contributed by atoms with Crippen LogP contribution in [0.1, 0.15) is 21.8 Å². The number of nitrogens with zero attached hydrogens (tertiary/aromatic N) is 2. The van der Waals surface area contributed by atoms with Crippen molar-refractivity contribution in [3.8, 4) is 0 Å². The third kappa shape index (κ3) is 2.58. The van der Waals surface area contributed by atoms with E-state index in [9.17, 15) is 4.79 Å². The molecule has 6 heteroatoms. The second-order valence-electron chi connectivity index (χ2n) is 5.55. The van der Waals surface area contributed by atoms with Crippen LogP contribution in [0.2, 0.25) is 0 Å². The van der Waals surface area contributed by atoms with Gasteiger partial charge in [-0.15, -0.1) is 0 Å². The molecule has 3 aromatic heterocycles. The number of benzene rings is 1. The van der Waals surface area contributed by atoms with Crippen LogP contribution in [-0.2, 0) is 6.54 Å². The molecule has 0 atom stereocenters. The first kappa shape index (κ1) is 14.3. The minimum atomic E-state index is -0.259. The maximum Gasteiger partial charge on any atom is 0.273 e. The van der Waals surface area contributed by atoms with Gasteiger partial charge in [0.2, 0.25) is 0 Å². The van der Waals surface area contributed by atoms with Crippen molar-refractivity contribution in [3.63, 3.8) is 0 Å². The molecule has 0 saturated heterocycles. The van der Waals surface area contributed by atoms with Crippen molar-refractivity contribution in [3.05, 3.63) is 71.8 Å². The molecule has 3 heterocycles. The van der Waals surface area contributed by atoms with E-state index in [0.717, 1.165) is 11.1 Å². The van der Waals surface area contributed by atoms with Crippen LogP contribution >= 0.6 is 0 Å². The normalized spacial score (nSPS) is 11.0. The summed E-state index contributed by atoms with van der Waals surface area (Å²) in [7, 11) is 0. The van der Waals surface area contributed by atoms with Gasteiger partial charge < -0.3 is 18.8 Å². The zero-order valence-electron chi connectivity index (χ0n) is 13.0. The van der Waals surface area contributed by atoms with Gasteiger partial charge in [0.15, 0.2) is 11.4 Å². The molecule has 4 aromatic rings. The standard InChI is InChI=1S/C18H15N3O3/c1-12-9-17(20-24-12)19-18(22)15-10-16-14(7-8-23-16)21(15)11-13-5-3-2-4-6-13/h2-10H,11H2,1H3,(H,19,20,22). The second-order valence-corrected chi connectivity index (χ2v) is 5.55. The molecule has 120 valence electrons. The quantitative estimate of drug-likeness (QED) is 0.620. The van der Waals surface area contributed by atoms with Crippen molar-refractivity contribution >= 4 is 22.8 Å². The van der Waals surface area contributed by atoms with Crippen LogP contribution in [0.3, 0.4) is 0 Å². The summed E-state index contributed by atoms with van der Waals surface area (Å²) in [5.74, 6) is 0.769. The molecular formula is C18H15N3O3. The first-order chi connectivity index (χ1) is 11.7. The van der Waals surface area contributed by atoms with E-state index >= 15 is 0 Å². The molecule has 6 nitrogen and oxygen atoms in total. The lowest BCUT2D eigenvalue weighted by atomic mass is 10.2. The van der Waals surface area contributed by atoms with E-state index in [0.29, 0.717) is 29.4 Å². The van der Waals surface area contributed by atoms with E-state index in [1.54, 1.807) is 25.3 Å². The molecule has 0 spiro atoms. The highest BCUT2D eigenvalue weighted by Gasteiger charge is 2.18. The molecule has 0 radical (unpaired) electrons. The number of hydrogen-bond donors (Lipinski definition) is 1. The molecule has 4 rings (SSSR count). The van der Waals surface area contributed by atoms with Gasteiger partial charge in [-0.3, -0.25) is 4.79 Å². The van der Waals surface area contributed by atoms with Crippen LogP contribution in [0.5, 0.6) is 0 Å². The fourth-order valence-corrected chi connectivity index (χ4v) is 2.71. The Balaban J connectivity index is 1.70. The zero-order chi connectivity index (χ0) is 16.5. The van der Waals surface area contributed by atoms with Gasteiger partial charge in [0.05, 0.1) is 11.8 Å². The highest BCUT2D eigenvalue weighted by Crippen LogP contribution is 2.23. The fraction of sp³-hybridized carbons (Fsp3) is 0.111. The smallest absolute Gasteiger partial charge is 0.273 e. The summed E-state index contributed by atoms with van der Waals surface area (Å²) in [5.41, 5.74) is 3.16. The van der Waals surface area contributed by atoms with E-state index in [1.807, 2.05) is 41.0 Å². The van der Waals surface area contributed by atoms with Crippen molar-refractivity contribution in [1.29, 1.82) is 0 Å². The van der Waals surface area contributed by atoms with Crippen molar-refractivity contribution in [2.75, 3.05) is 5.32 Å². The Kier molecular flexibility index (Phi) is 3.42. The number of furan rings is 1. The topological polar surface area (TPSA) is 73.2 Å². The molecule has 24 heavy (non-hydrogen) atoms. The SMILES string of the molecule is Cc1cc(NC(=O)c2cc3occc3n2Cc2ccccc2)no1. The highest BCUT2D eigenvalue weighted by molar-refractivity contribution is 6.05. The third-order valence-corrected chi connectivity index (χ3v) is 3.81. The lowest BCUT2D eigenvalue weighted by Crippen LogP contribution is -2.17. The number of nitrogens with one attached hydrogen (secondary N) is 1. The number of amides is 1. The Morgan fingerprint density at radius 2 is 2.04 bits per heavy atom. The minimum Gasteiger partial charge on any atom is -0.463 e. The van der Waals surface area contributed by atoms with Gasteiger partial charge in [0.1, 0.15) is 11.5 Å². The van der Waals surface area contributed by atoms with Gasteiger partial charge in [-0.1, -0.05) is 35.5 Å². The fourth-order valence-electron chi connectivity index (χ4n) is 2.71. The Bertz CT molecular complexity index is 995. The molecule has 0 fully saturated rings. The number of fused-ring (bicyclic) bond motifs is 1. The van der Waals surface area contributed by atoms with E-state index in [1.165, 1.54) is 0 Å². The maximum absolute atomic E-state index is 12.6. The predicted octanol–water partition coefficient (Wildman–Crippen LogP) is 3.83. The largest absolute Gasteiger partial charge is 0.463 e. The lowest BCUT2D eigenvalue weighted by molar-refractivity contribution is 0.101. The van der Waals surface area contributed by atoms with Crippen LogP contribution in [0.4, 0.5) is 5.82 Å². The molecule has 0 bridgehead atoms.